The van der Waals surface area contributed by atoms with Crippen LogP contribution in [0.1, 0.15) is 58.8 Å². The van der Waals surface area contributed by atoms with Crippen LogP contribution in [0.25, 0.3) is 0 Å². The number of nitriles is 1. The van der Waals surface area contributed by atoms with E-state index >= 15 is 0 Å². The quantitative estimate of drug-likeness (QED) is 0.539. The number of hydrogen-bond acceptors (Lipinski definition) is 4. The molecule has 2 saturated carbocycles. The van der Waals surface area contributed by atoms with Crippen LogP contribution in [0.15, 0.2) is 35.5 Å². The molecule has 3 fully saturated rings. The molecule has 0 amide bonds. The molecule has 0 aromatic heterocycles. The fraction of sp³-hybridized carbons (Fsp3) is 0.692. The maximum atomic E-state index is 13.3. The molecule has 0 bridgehead atoms. The third-order valence-electron chi connectivity index (χ3n) is 10.0. The van der Waals surface area contributed by atoms with Gasteiger partial charge in [-0.05, 0) is 61.9 Å². The van der Waals surface area contributed by atoms with E-state index in [1.807, 2.05) is 0 Å². The van der Waals surface area contributed by atoms with Crippen molar-refractivity contribution in [1.82, 2.24) is 0 Å². The molecule has 6 aliphatic rings. The number of fused-ring (bicyclic) bond motifs is 7. The first kappa shape index (κ1) is 19.0. The van der Waals surface area contributed by atoms with Crippen molar-refractivity contribution in [1.29, 1.82) is 5.26 Å². The van der Waals surface area contributed by atoms with Crippen LogP contribution in [0.5, 0.6) is 0 Å². The lowest BCUT2D eigenvalue weighted by Gasteiger charge is -2.59. The van der Waals surface area contributed by atoms with E-state index in [4.69, 9.17) is 9.47 Å². The summed E-state index contributed by atoms with van der Waals surface area (Å²) >= 11 is 0. The minimum Gasteiger partial charge on any atom is -0.347 e. The first-order valence-electron chi connectivity index (χ1n) is 11.7. The Hall–Kier alpha value is -1.70. The van der Waals surface area contributed by atoms with Gasteiger partial charge in [-0.2, -0.15) is 5.26 Å². The Kier molecular flexibility index (Phi) is 3.78. The minimum atomic E-state index is -0.505. The second kappa shape index (κ2) is 5.96. The fourth-order valence-corrected chi connectivity index (χ4v) is 8.70. The van der Waals surface area contributed by atoms with Gasteiger partial charge in [-0.1, -0.05) is 38.2 Å². The van der Waals surface area contributed by atoms with Crippen LogP contribution in [0.3, 0.4) is 0 Å². The van der Waals surface area contributed by atoms with Gasteiger partial charge in [0, 0.05) is 17.3 Å². The summed E-state index contributed by atoms with van der Waals surface area (Å²) in [6.45, 7) is 6.14. The molecular formula is C26H31NO3. The first-order valence-corrected chi connectivity index (χ1v) is 11.7. The van der Waals surface area contributed by atoms with Gasteiger partial charge in [0.15, 0.2) is 11.6 Å². The lowest BCUT2D eigenvalue weighted by Crippen LogP contribution is -2.56. The molecule has 0 N–H and O–H groups in total. The van der Waals surface area contributed by atoms with Gasteiger partial charge in [0.05, 0.1) is 24.2 Å². The van der Waals surface area contributed by atoms with E-state index in [2.05, 4.69) is 44.2 Å². The van der Waals surface area contributed by atoms with Crippen molar-refractivity contribution in [2.75, 3.05) is 13.2 Å². The minimum absolute atomic E-state index is 0.0467. The van der Waals surface area contributed by atoms with Gasteiger partial charge in [-0.15, -0.1) is 0 Å². The number of hydrogen-bond donors (Lipinski definition) is 0. The highest BCUT2D eigenvalue weighted by Crippen LogP contribution is 2.70. The zero-order valence-electron chi connectivity index (χ0n) is 18.1. The molecule has 4 nitrogen and oxygen atoms in total. The van der Waals surface area contributed by atoms with Crippen LogP contribution < -0.4 is 0 Å². The summed E-state index contributed by atoms with van der Waals surface area (Å²) in [6, 6.07) is 2.27. The third kappa shape index (κ3) is 2.02. The number of ether oxygens (including phenoxy) is 2. The summed E-state index contributed by atoms with van der Waals surface area (Å²) in [5.41, 5.74) is 1.04. The van der Waals surface area contributed by atoms with E-state index < -0.39 is 5.41 Å². The second-order valence-electron chi connectivity index (χ2n) is 10.9. The van der Waals surface area contributed by atoms with Crippen molar-refractivity contribution in [3.05, 3.63) is 35.5 Å². The fourth-order valence-electron chi connectivity index (χ4n) is 8.70. The maximum absolute atomic E-state index is 13.3. The second-order valence-corrected chi connectivity index (χ2v) is 10.9. The third-order valence-corrected chi connectivity index (χ3v) is 10.0. The van der Waals surface area contributed by atoms with Gasteiger partial charge >= 0.3 is 0 Å². The molecule has 5 atom stereocenters. The van der Waals surface area contributed by atoms with Crippen LogP contribution in [-0.2, 0) is 14.3 Å². The Morgan fingerprint density at radius 2 is 1.77 bits per heavy atom. The highest BCUT2D eigenvalue weighted by atomic mass is 16.7. The molecule has 0 radical (unpaired) electrons. The molecule has 2 spiro atoms. The average Bonchev–Trinajstić information content (AvgIpc) is 3.47. The Balaban J connectivity index is 1.44. The standard InChI is InChI=1S/C26H31NO3/c1-23-15-17(16-27)22(28)25(9-3-4-10-25)21(23)6-5-18-19(23)7-11-24(2)20(18)8-12-26(24)29-13-14-30-26/h3-4,6,15,18-20H,5,7-14H2,1-2H3/t18-,19+,20+,23-,24+/m1/s1. The summed E-state index contributed by atoms with van der Waals surface area (Å²) in [7, 11) is 0. The summed E-state index contributed by atoms with van der Waals surface area (Å²) < 4.78 is 12.5. The molecule has 1 heterocycles. The number of ketones is 1. The van der Waals surface area contributed by atoms with E-state index in [0.717, 1.165) is 44.9 Å². The SMILES string of the molecule is C[C@]12C=C(C#N)C(=O)C3(CC=CC3)C1=CC[C@@H]1[C@@H]2CC[C@@]2(C)[C@H]1CCC21OCCO1. The topological polar surface area (TPSA) is 59.3 Å². The van der Waals surface area contributed by atoms with E-state index in [1.54, 1.807) is 0 Å². The average molecular weight is 406 g/mol. The summed E-state index contributed by atoms with van der Waals surface area (Å²) in [4.78, 5) is 13.3. The van der Waals surface area contributed by atoms with Crippen LogP contribution in [0.4, 0.5) is 0 Å². The van der Waals surface area contributed by atoms with Gasteiger partial charge in [-0.3, -0.25) is 4.79 Å². The highest BCUT2D eigenvalue weighted by Gasteiger charge is 2.67. The van der Waals surface area contributed by atoms with E-state index in [-0.39, 0.29) is 22.4 Å². The van der Waals surface area contributed by atoms with Gasteiger partial charge < -0.3 is 9.47 Å². The predicted molar refractivity (Wildman–Crippen MR) is 112 cm³/mol. The molecule has 158 valence electrons. The van der Waals surface area contributed by atoms with Gasteiger partial charge in [0.25, 0.3) is 0 Å². The van der Waals surface area contributed by atoms with E-state index in [0.29, 0.717) is 36.5 Å². The molecule has 1 saturated heterocycles. The monoisotopic (exact) mass is 405 g/mol. The van der Waals surface area contributed by atoms with Gasteiger partial charge in [0.1, 0.15) is 6.07 Å². The first-order chi connectivity index (χ1) is 14.4. The Morgan fingerprint density at radius 1 is 1.07 bits per heavy atom. The molecule has 4 heteroatoms. The van der Waals surface area contributed by atoms with E-state index in [1.165, 1.54) is 5.57 Å². The van der Waals surface area contributed by atoms with Gasteiger partial charge in [-0.25, -0.2) is 0 Å². The molecular weight excluding hydrogens is 374 g/mol. The van der Waals surface area contributed by atoms with Gasteiger partial charge in [0.2, 0.25) is 0 Å². The van der Waals surface area contributed by atoms with Crippen LogP contribution in [0.2, 0.25) is 0 Å². The van der Waals surface area contributed by atoms with Crippen molar-refractivity contribution in [2.45, 2.75) is 64.6 Å². The zero-order chi connectivity index (χ0) is 20.8. The number of Topliss-reactive ketones (excluding diaryl/α,β-unsaturated/α-hetero) is 1. The molecule has 5 aliphatic carbocycles. The van der Waals surface area contributed by atoms with Crippen molar-refractivity contribution >= 4 is 5.78 Å². The van der Waals surface area contributed by atoms with E-state index in [9.17, 15) is 10.1 Å². The predicted octanol–water partition coefficient (Wildman–Crippen LogP) is 4.88. The summed E-state index contributed by atoms with van der Waals surface area (Å²) in [6.07, 6.45) is 15.6. The number of rotatable bonds is 0. The number of allylic oxidation sites excluding steroid dienone is 6. The largest absolute Gasteiger partial charge is 0.347 e. The number of carbonyl (C=O) groups excluding carboxylic acids is 1. The smallest absolute Gasteiger partial charge is 0.183 e. The molecule has 30 heavy (non-hydrogen) atoms. The zero-order valence-corrected chi connectivity index (χ0v) is 18.1. The maximum Gasteiger partial charge on any atom is 0.183 e. The Bertz CT molecular complexity index is 938. The summed E-state index contributed by atoms with van der Waals surface area (Å²) in [5, 5.41) is 9.82. The van der Waals surface area contributed by atoms with Crippen LogP contribution in [-0.4, -0.2) is 24.8 Å². The highest BCUT2D eigenvalue weighted by molar-refractivity contribution is 6.07. The molecule has 0 aromatic carbocycles. The Morgan fingerprint density at radius 3 is 2.47 bits per heavy atom. The molecule has 0 unspecified atom stereocenters. The lowest BCUT2D eigenvalue weighted by molar-refractivity contribution is -0.241. The Labute approximate surface area is 179 Å². The molecule has 6 rings (SSSR count). The number of carbonyl (C=O) groups is 1. The molecule has 1 aliphatic heterocycles. The van der Waals surface area contributed by atoms with Crippen molar-refractivity contribution < 1.29 is 14.3 Å². The van der Waals surface area contributed by atoms with Crippen molar-refractivity contribution in [3.63, 3.8) is 0 Å². The van der Waals surface area contributed by atoms with Crippen molar-refractivity contribution in [2.24, 2.45) is 34.0 Å². The normalized spacial score (nSPS) is 45.0. The summed E-state index contributed by atoms with van der Waals surface area (Å²) in [5.74, 6) is 1.26. The lowest BCUT2D eigenvalue weighted by atomic mass is 9.45. The van der Waals surface area contributed by atoms with Crippen molar-refractivity contribution in [3.8, 4) is 6.07 Å². The molecule has 0 aromatic rings. The van der Waals surface area contributed by atoms with Crippen LogP contribution >= 0.6 is 0 Å². The number of nitrogens with zero attached hydrogens (tertiary/aromatic N) is 1. The van der Waals surface area contributed by atoms with Crippen LogP contribution in [0, 0.1) is 45.3 Å².